The number of amides is 1. The number of primary amides is 1. The van der Waals surface area contributed by atoms with Gasteiger partial charge < -0.3 is 20.9 Å². The number of hydrogen-bond acceptors (Lipinski definition) is 6. The van der Waals surface area contributed by atoms with E-state index in [4.69, 9.17) is 10.3 Å². The first-order valence-electron chi connectivity index (χ1n) is 9.62. The molecule has 1 saturated carbocycles. The van der Waals surface area contributed by atoms with Crippen molar-refractivity contribution in [2.75, 3.05) is 10.6 Å². The first-order chi connectivity index (χ1) is 14.5. The van der Waals surface area contributed by atoms with Gasteiger partial charge in [-0.15, -0.1) is 0 Å². The van der Waals surface area contributed by atoms with Crippen LogP contribution >= 0.6 is 0 Å². The van der Waals surface area contributed by atoms with Gasteiger partial charge in [0, 0.05) is 11.6 Å². The van der Waals surface area contributed by atoms with Crippen LogP contribution < -0.4 is 16.4 Å². The molecule has 8 heteroatoms. The summed E-state index contributed by atoms with van der Waals surface area (Å²) in [6, 6.07) is 15.0. The molecule has 0 saturated heterocycles. The molecule has 4 rings (SSSR count). The van der Waals surface area contributed by atoms with E-state index in [1.165, 1.54) is 6.07 Å². The molecule has 1 heterocycles. The van der Waals surface area contributed by atoms with Crippen molar-refractivity contribution < 1.29 is 13.7 Å². The predicted octanol–water partition coefficient (Wildman–Crippen LogP) is 4.16. The van der Waals surface area contributed by atoms with Crippen molar-refractivity contribution >= 4 is 23.2 Å². The van der Waals surface area contributed by atoms with Crippen molar-refractivity contribution in [2.24, 2.45) is 11.7 Å². The van der Waals surface area contributed by atoms with E-state index in [0.717, 1.165) is 24.5 Å². The van der Waals surface area contributed by atoms with Crippen LogP contribution in [-0.4, -0.2) is 17.1 Å². The highest BCUT2D eigenvalue weighted by Gasteiger charge is 2.29. The summed E-state index contributed by atoms with van der Waals surface area (Å²) in [6.07, 6.45) is 2.65. The molecule has 152 valence electrons. The number of nitrogens with two attached hydrogens (primary N) is 1. The zero-order valence-corrected chi connectivity index (χ0v) is 16.1. The highest BCUT2D eigenvalue weighted by Crippen LogP contribution is 2.35. The number of anilines is 3. The van der Waals surface area contributed by atoms with E-state index >= 15 is 0 Å². The Bertz CT molecular complexity index is 1100. The van der Waals surface area contributed by atoms with Crippen molar-refractivity contribution in [3.8, 4) is 17.3 Å². The number of nitrogens with zero attached hydrogens (tertiary/aromatic N) is 2. The molecule has 1 fully saturated rings. The molecule has 0 aliphatic heterocycles. The third-order valence-corrected chi connectivity index (χ3v) is 5.00. The van der Waals surface area contributed by atoms with E-state index in [0.29, 0.717) is 29.6 Å². The summed E-state index contributed by atoms with van der Waals surface area (Å²) >= 11 is 0. The van der Waals surface area contributed by atoms with Crippen LogP contribution in [0.1, 0.15) is 24.8 Å². The normalized spacial score (nSPS) is 14.0. The van der Waals surface area contributed by atoms with Gasteiger partial charge in [0.15, 0.2) is 0 Å². The largest absolute Gasteiger partial charge is 0.371 e. The molecular weight excluding hydrogens is 385 g/mol. The molecule has 3 aromatic rings. The second-order valence-corrected chi connectivity index (χ2v) is 7.34. The molecule has 0 radical (unpaired) electrons. The summed E-state index contributed by atoms with van der Waals surface area (Å²) in [7, 11) is 0. The van der Waals surface area contributed by atoms with Gasteiger partial charge in [-0.25, -0.2) is 4.39 Å². The summed E-state index contributed by atoms with van der Waals surface area (Å²) < 4.78 is 19.8. The summed E-state index contributed by atoms with van der Waals surface area (Å²) in [4.78, 5) is 11.8. The Morgan fingerprint density at radius 1 is 1.27 bits per heavy atom. The minimum absolute atomic E-state index is 0.0868. The van der Waals surface area contributed by atoms with E-state index in [1.807, 2.05) is 36.4 Å². The lowest BCUT2D eigenvalue weighted by Gasteiger charge is -2.18. The van der Waals surface area contributed by atoms with Crippen molar-refractivity contribution in [1.82, 2.24) is 5.16 Å². The Balaban J connectivity index is 1.58. The van der Waals surface area contributed by atoms with Gasteiger partial charge in [-0.3, -0.25) is 4.79 Å². The number of nitriles is 1. The molecule has 1 unspecified atom stereocenters. The Kier molecular flexibility index (Phi) is 5.35. The first kappa shape index (κ1) is 19.5. The van der Waals surface area contributed by atoms with Gasteiger partial charge in [-0.1, -0.05) is 48.3 Å². The quantitative estimate of drug-likeness (QED) is 0.518. The lowest BCUT2D eigenvalue weighted by Crippen LogP contribution is -2.36. The third-order valence-electron chi connectivity index (χ3n) is 5.00. The first-order valence-corrected chi connectivity index (χ1v) is 9.62. The van der Waals surface area contributed by atoms with Crippen molar-refractivity contribution in [2.45, 2.75) is 25.3 Å². The number of carbonyl (C=O) groups is 1. The molecule has 1 aliphatic rings. The molecule has 0 bridgehead atoms. The molecule has 30 heavy (non-hydrogen) atoms. The van der Waals surface area contributed by atoms with Crippen molar-refractivity contribution in [3.05, 3.63) is 59.9 Å². The predicted molar refractivity (Wildman–Crippen MR) is 110 cm³/mol. The summed E-state index contributed by atoms with van der Waals surface area (Å²) in [5, 5.41) is 19.3. The van der Waals surface area contributed by atoms with Crippen LogP contribution in [0, 0.1) is 23.1 Å². The van der Waals surface area contributed by atoms with Gasteiger partial charge in [-0.2, -0.15) is 5.26 Å². The van der Waals surface area contributed by atoms with Gasteiger partial charge in [0.1, 0.15) is 23.6 Å². The van der Waals surface area contributed by atoms with E-state index in [1.54, 1.807) is 6.07 Å². The zero-order valence-electron chi connectivity index (χ0n) is 16.1. The summed E-state index contributed by atoms with van der Waals surface area (Å²) in [5.41, 5.74) is 7.47. The summed E-state index contributed by atoms with van der Waals surface area (Å²) in [5.74, 6) is -0.448. The topological polar surface area (TPSA) is 117 Å². The number of rotatable bonds is 8. The van der Waals surface area contributed by atoms with E-state index in [9.17, 15) is 14.4 Å². The standard InChI is InChI=1S/C22H20FN5O2/c23-16-9-15(12-24)17(10-19(16)26-20(22(25)29)8-13-6-7-13)27-21-11-18(28-30-21)14-4-2-1-3-5-14/h1-5,9-11,13,20,26-27H,6-8H2,(H2,25,29). The molecule has 4 N–H and O–H groups in total. The van der Waals surface area contributed by atoms with Crippen molar-refractivity contribution in [3.63, 3.8) is 0 Å². The van der Waals surface area contributed by atoms with Gasteiger partial charge in [0.2, 0.25) is 11.8 Å². The minimum atomic E-state index is -0.678. The maximum absolute atomic E-state index is 14.5. The van der Waals surface area contributed by atoms with Crippen LogP contribution in [-0.2, 0) is 4.79 Å². The molecule has 1 aromatic heterocycles. The van der Waals surface area contributed by atoms with Crippen LogP contribution in [0.3, 0.4) is 0 Å². The zero-order chi connectivity index (χ0) is 21.1. The van der Waals surface area contributed by atoms with Crippen LogP contribution in [0.15, 0.2) is 53.1 Å². The second kappa shape index (κ2) is 8.25. The van der Waals surface area contributed by atoms with Gasteiger partial charge in [0.05, 0.1) is 16.9 Å². The number of carbonyl (C=O) groups excluding carboxylic acids is 1. The third kappa shape index (κ3) is 4.41. The van der Waals surface area contributed by atoms with E-state index < -0.39 is 17.8 Å². The number of aromatic nitrogens is 1. The smallest absolute Gasteiger partial charge is 0.239 e. The Hall–Kier alpha value is -3.86. The average Bonchev–Trinajstić information content (AvgIpc) is 3.45. The number of nitrogens with one attached hydrogen (secondary N) is 2. The molecular formula is C22H20FN5O2. The molecule has 2 aromatic carbocycles. The molecule has 1 aliphatic carbocycles. The number of hydrogen-bond donors (Lipinski definition) is 3. The highest BCUT2D eigenvalue weighted by atomic mass is 19.1. The number of benzene rings is 2. The van der Waals surface area contributed by atoms with Crippen LogP contribution in [0.4, 0.5) is 21.6 Å². The lowest BCUT2D eigenvalue weighted by molar-refractivity contribution is -0.118. The maximum atomic E-state index is 14.5. The molecule has 1 amide bonds. The summed E-state index contributed by atoms with van der Waals surface area (Å²) in [6.45, 7) is 0. The lowest BCUT2D eigenvalue weighted by atomic mass is 10.1. The molecule has 7 nitrogen and oxygen atoms in total. The fourth-order valence-corrected chi connectivity index (χ4v) is 3.21. The Labute approximate surface area is 172 Å². The second-order valence-electron chi connectivity index (χ2n) is 7.34. The monoisotopic (exact) mass is 405 g/mol. The average molecular weight is 405 g/mol. The van der Waals surface area contributed by atoms with Gasteiger partial charge in [0.25, 0.3) is 0 Å². The fraction of sp³-hybridized carbons (Fsp3) is 0.227. The van der Waals surface area contributed by atoms with E-state index in [2.05, 4.69) is 15.8 Å². The van der Waals surface area contributed by atoms with Crippen molar-refractivity contribution in [1.29, 1.82) is 5.26 Å². The van der Waals surface area contributed by atoms with Gasteiger partial charge >= 0.3 is 0 Å². The van der Waals surface area contributed by atoms with Gasteiger partial charge in [-0.05, 0) is 24.5 Å². The Morgan fingerprint density at radius 2 is 2.03 bits per heavy atom. The SMILES string of the molecule is N#Cc1cc(F)c(NC(CC2CC2)C(N)=O)cc1Nc1cc(-c2ccccc2)no1. The molecule has 0 spiro atoms. The molecule has 1 atom stereocenters. The Morgan fingerprint density at radius 3 is 2.70 bits per heavy atom. The highest BCUT2D eigenvalue weighted by molar-refractivity contribution is 5.83. The van der Waals surface area contributed by atoms with E-state index in [-0.39, 0.29) is 11.3 Å². The van der Waals surface area contributed by atoms with Crippen LogP contribution in [0.5, 0.6) is 0 Å². The minimum Gasteiger partial charge on any atom is -0.371 e. The number of halogens is 1. The maximum Gasteiger partial charge on any atom is 0.239 e. The van der Waals surface area contributed by atoms with Crippen LogP contribution in [0.25, 0.3) is 11.3 Å². The fourth-order valence-electron chi connectivity index (χ4n) is 3.21. The van der Waals surface area contributed by atoms with Crippen LogP contribution in [0.2, 0.25) is 0 Å².